The monoisotopic (exact) mass is 391 g/mol. The Morgan fingerprint density at radius 1 is 1.14 bits per heavy atom. The molecular formula is C22H25N5O2. The number of para-hydroxylation sites is 1. The number of hydrogen-bond donors (Lipinski definition) is 1. The summed E-state index contributed by atoms with van der Waals surface area (Å²) in [5, 5.41) is 3.91. The van der Waals surface area contributed by atoms with Gasteiger partial charge in [-0.25, -0.2) is 4.98 Å². The first-order valence-corrected chi connectivity index (χ1v) is 10.2. The smallest absolute Gasteiger partial charge is 0.289 e. The van der Waals surface area contributed by atoms with Gasteiger partial charge < -0.3 is 14.8 Å². The molecule has 3 heterocycles. The number of nitrogens with one attached hydrogen (secondary N) is 1. The van der Waals surface area contributed by atoms with Gasteiger partial charge in [-0.3, -0.25) is 14.6 Å². The lowest BCUT2D eigenvalue weighted by Crippen LogP contribution is -2.33. The minimum absolute atomic E-state index is 0.121. The van der Waals surface area contributed by atoms with E-state index in [-0.39, 0.29) is 11.8 Å². The Morgan fingerprint density at radius 2 is 1.93 bits per heavy atom. The Kier molecular flexibility index (Phi) is 5.29. The van der Waals surface area contributed by atoms with Crippen molar-refractivity contribution in [3.05, 3.63) is 53.7 Å². The minimum atomic E-state index is -0.299. The Labute approximate surface area is 169 Å². The summed E-state index contributed by atoms with van der Waals surface area (Å²) in [6, 6.07) is 9.49. The molecule has 0 saturated carbocycles. The maximum Gasteiger partial charge on any atom is 0.289 e. The van der Waals surface area contributed by atoms with E-state index in [0.29, 0.717) is 36.8 Å². The molecule has 1 N–H and O–H groups in total. The molecule has 1 aliphatic rings. The molecule has 0 aliphatic carbocycles. The van der Waals surface area contributed by atoms with Gasteiger partial charge in [0.15, 0.2) is 11.5 Å². The van der Waals surface area contributed by atoms with Crippen molar-refractivity contribution in [3.63, 3.8) is 0 Å². The molecule has 0 atom stereocenters. The molecule has 4 rings (SSSR count). The Balaban J connectivity index is 1.71. The molecule has 2 aromatic heterocycles. The van der Waals surface area contributed by atoms with Crippen LogP contribution in [-0.2, 0) is 13.0 Å². The van der Waals surface area contributed by atoms with E-state index in [1.54, 1.807) is 11.1 Å². The second kappa shape index (κ2) is 8.03. The van der Waals surface area contributed by atoms with Crippen molar-refractivity contribution in [3.8, 4) is 0 Å². The second-order valence-corrected chi connectivity index (χ2v) is 7.15. The van der Waals surface area contributed by atoms with Crippen molar-refractivity contribution in [2.45, 2.75) is 39.7 Å². The first-order chi connectivity index (χ1) is 14.1. The van der Waals surface area contributed by atoms with E-state index in [9.17, 15) is 9.59 Å². The molecule has 0 radical (unpaired) electrons. The number of imidazole rings is 1. The van der Waals surface area contributed by atoms with Gasteiger partial charge in [0, 0.05) is 31.2 Å². The normalized spacial score (nSPS) is 13.2. The molecule has 0 saturated heterocycles. The van der Waals surface area contributed by atoms with Crippen LogP contribution in [-0.4, -0.2) is 44.3 Å². The SMILES string of the molecule is CCN(CC)C(=O)c1nc(C(=O)Nc2cccc3cccnc23)c2n1CCCC2. The lowest BCUT2D eigenvalue weighted by molar-refractivity contribution is 0.0754. The first kappa shape index (κ1) is 19.1. The van der Waals surface area contributed by atoms with E-state index >= 15 is 0 Å². The first-order valence-electron chi connectivity index (χ1n) is 10.2. The zero-order valence-electron chi connectivity index (χ0n) is 16.8. The van der Waals surface area contributed by atoms with Gasteiger partial charge in [0.2, 0.25) is 0 Å². The van der Waals surface area contributed by atoms with Gasteiger partial charge >= 0.3 is 0 Å². The van der Waals surface area contributed by atoms with Crippen LogP contribution in [0, 0.1) is 0 Å². The predicted octanol–water partition coefficient (Wildman–Crippen LogP) is 3.50. The summed E-state index contributed by atoms with van der Waals surface area (Å²) in [5.41, 5.74) is 2.56. The van der Waals surface area contributed by atoms with Crippen LogP contribution in [0.3, 0.4) is 0 Å². The number of nitrogens with zero attached hydrogens (tertiary/aromatic N) is 4. The summed E-state index contributed by atoms with van der Waals surface area (Å²) in [6.07, 6.45) is 4.42. The topological polar surface area (TPSA) is 80.1 Å². The number of rotatable bonds is 5. The van der Waals surface area contributed by atoms with E-state index in [4.69, 9.17) is 0 Å². The van der Waals surface area contributed by atoms with Crippen LogP contribution in [0.1, 0.15) is 53.5 Å². The van der Waals surface area contributed by atoms with Gasteiger partial charge in [-0.15, -0.1) is 0 Å². The summed E-state index contributed by atoms with van der Waals surface area (Å²) in [6.45, 7) is 5.83. The summed E-state index contributed by atoms with van der Waals surface area (Å²) < 4.78 is 1.93. The molecule has 3 aromatic rings. The largest absolute Gasteiger partial charge is 0.337 e. The number of hydrogen-bond acceptors (Lipinski definition) is 4. The van der Waals surface area contributed by atoms with Crippen molar-refractivity contribution in [2.24, 2.45) is 0 Å². The third-order valence-corrected chi connectivity index (χ3v) is 5.46. The fourth-order valence-corrected chi connectivity index (χ4v) is 3.93. The molecule has 7 nitrogen and oxygen atoms in total. The maximum absolute atomic E-state index is 13.1. The fourth-order valence-electron chi connectivity index (χ4n) is 3.93. The number of benzene rings is 1. The summed E-state index contributed by atoms with van der Waals surface area (Å²) in [7, 11) is 0. The average Bonchev–Trinajstić information content (AvgIpc) is 3.15. The number of amides is 2. The molecule has 0 spiro atoms. The standard InChI is InChI=1S/C22H25N5O2/c1-3-26(4-2)22(29)20-25-19(17-12-5-6-14-27(17)20)21(28)24-16-11-7-9-15-10-8-13-23-18(15)16/h7-11,13H,3-6,12,14H2,1-2H3,(H,24,28). The van der Waals surface area contributed by atoms with Crippen LogP contribution in [0.25, 0.3) is 10.9 Å². The number of pyridine rings is 1. The van der Waals surface area contributed by atoms with Crippen LogP contribution in [0.5, 0.6) is 0 Å². The van der Waals surface area contributed by atoms with E-state index in [2.05, 4.69) is 15.3 Å². The zero-order valence-corrected chi connectivity index (χ0v) is 16.8. The van der Waals surface area contributed by atoms with Crippen molar-refractivity contribution < 1.29 is 9.59 Å². The van der Waals surface area contributed by atoms with Crippen LogP contribution in [0.4, 0.5) is 5.69 Å². The predicted molar refractivity (Wildman–Crippen MR) is 112 cm³/mol. The van der Waals surface area contributed by atoms with Gasteiger partial charge in [-0.1, -0.05) is 18.2 Å². The third kappa shape index (κ3) is 3.48. The highest BCUT2D eigenvalue weighted by molar-refractivity contribution is 6.08. The van der Waals surface area contributed by atoms with Crippen molar-refractivity contribution in [1.82, 2.24) is 19.4 Å². The molecule has 0 fully saturated rings. The highest BCUT2D eigenvalue weighted by Gasteiger charge is 2.29. The molecule has 1 aromatic carbocycles. The lowest BCUT2D eigenvalue weighted by atomic mass is 10.1. The van der Waals surface area contributed by atoms with E-state index < -0.39 is 0 Å². The molecule has 150 valence electrons. The third-order valence-electron chi connectivity index (χ3n) is 5.46. The average molecular weight is 391 g/mol. The van der Waals surface area contributed by atoms with Gasteiger partial charge in [0.1, 0.15) is 0 Å². The highest BCUT2D eigenvalue weighted by atomic mass is 16.2. The number of carbonyl (C=O) groups is 2. The zero-order chi connectivity index (χ0) is 20.4. The van der Waals surface area contributed by atoms with Crippen molar-refractivity contribution in [1.29, 1.82) is 0 Å². The van der Waals surface area contributed by atoms with E-state index in [0.717, 1.165) is 35.9 Å². The summed E-state index contributed by atoms with van der Waals surface area (Å²) in [5.74, 6) is -0.0546. The van der Waals surface area contributed by atoms with Crippen LogP contribution in [0.15, 0.2) is 36.5 Å². The minimum Gasteiger partial charge on any atom is -0.337 e. The Morgan fingerprint density at radius 3 is 2.72 bits per heavy atom. The number of anilines is 1. The Bertz CT molecular complexity index is 1060. The Hall–Kier alpha value is -3.22. The molecule has 1 aliphatic heterocycles. The molecule has 0 bridgehead atoms. The van der Waals surface area contributed by atoms with Crippen molar-refractivity contribution in [2.75, 3.05) is 18.4 Å². The summed E-state index contributed by atoms with van der Waals surface area (Å²) in [4.78, 5) is 36.7. The van der Waals surface area contributed by atoms with Crippen LogP contribution < -0.4 is 5.32 Å². The molecule has 2 amide bonds. The van der Waals surface area contributed by atoms with Gasteiger partial charge in [0.05, 0.1) is 16.9 Å². The number of fused-ring (bicyclic) bond motifs is 2. The van der Waals surface area contributed by atoms with Gasteiger partial charge in [-0.2, -0.15) is 0 Å². The molecular weight excluding hydrogens is 366 g/mol. The molecule has 7 heteroatoms. The van der Waals surface area contributed by atoms with Gasteiger partial charge in [0.25, 0.3) is 11.8 Å². The molecule has 0 unspecified atom stereocenters. The van der Waals surface area contributed by atoms with Gasteiger partial charge in [-0.05, 0) is 45.2 Å². The molecule has 29 heavy (non-hydrogen) atoms. The van der Waals surface area contributed by atoms with Crippen molar-refractivity contribution >= 4 is 28.4 Å². The quantitative estimate of drug-likeness (QED) is 0.722. The fraction of sp³-hybridized carbons (Fsp3) is 0.364. The lowest BCUT2D eigenvalue weighted by Gasteiger charge is -2.21. The number of aromatic nitrogens is 3. The maximum atomic E-state index is 13.1. The van der Waals surface area contributed by atoms with Crippen LogP contribution >= 0.6 is 0 Å². The summed E-state index contributed by atoms with van der Waals surface area (Å²) >= 11 is 0. The van der Waals surface area contributed by atoms with E-state index in [1.807, 2.05) is 48.7 Å². The number of carbonyl (C=O) groups excluding carboxylic acids is 2. The van der Waals surface area contributed by atoms with E-state index in [1.165, 1.54) is 0 Å². The second-order valence-electron chi connectivity index (χ2n) is 7.15. The van der Waals surface area contributed by atoms with Crippen LogP contribution in [0.2, 0.25) is 0 Å². The highest BCUT2D eigenvalue weighted by Crippen LogP contribution is 2.25.